The van der Waals surface area contributed by atoms with Crippen molar-refractivity contribution in [3.8, 4) is 0 Å². The van der Waals surface area contributed by atoms with Crippen molar-refractivity contribution in [3.05, 3.63) is 24.3 Å². The highest BCUT2D eigenvalue weighted by Crippen LogP contribution is 2.34. The van der Waals surface area contributed by atoms with Crippen LogP contribution in [-0.4, -0.2) is 43.5 Å². The number of methoxy groups -OCH3 is 1. The van der Waals surface area contributed by atoms with Gasteiger partial charge in [0.2, 0.25) is 0 Å². The number of hydrogen-bond acceptors (Lipinski definition) is 3. The molecule has 1 aromatic carbocycles. The van der Waals surface area contributed by atoms with Crippen molar-refractivity contribution >= 4 is 23.5 Å². The molecule has 1 fully saturated rings. The third-order valence-electron chi connectivity index (χ3n) is 3.69. The molecule has 0 aliphatic heterocycles. The number of likely N-dealkylation sites (N-methyl/N-ethyl adjacent to an activating group) is 1. The third kappa shape index (κ3) is 5.25. The lowest BCUT2D eigenvalue weighted by Gasteiger charge is -2.17. The number of thioether (sulfide) groups is 1. The zero-order chi connectivity index (χ0) is 15.1. The van der Waals surface area contributed by atoms with E-state index in [9.17, 15) is 4.79 Å². The van der Waals surface area contributed by atoms with Crippen LogP contribution in [0.3, 0.4) is 0 Å². The molecule has 0 bridgehead atoms. The monoisotopic (exact) mass is 308 g/mol. The molecule has 0 aromatic heterocycles. The molecule has 1 saturated carbocycles. The van der Waals surface area contributed by atoms with E-state index >= 15 is 0 Å². The van der Waals surface area contributed by atoms with E-state index < -0.39 is 0 Å². The zero-order valence-electron chi connectivity index (χ0n) is 12.8. The summed E-state index contributed by atoms with van der Waals surface area (Å²) in [5, 5.41) is 3.66. The van der Waals surface area contributed by atoms with Crippen LogP contribution >= 0.6 is 11.8 Å². The summed E-state index contributed by atoms with van der Waals surface area (Å²) in [7, 11) is 3.39. The molecule has 1 aliphatic carbocycles. The Bertz CT molecular complexity index is 444. The van der Waals surface area contributed by atoms with Crippen molar-refractivity contribution in [2.75, 3.05) is 32.6 Å². The number of anilines is 1. The molecule has 0 heterocycles. The fourth-order valence-electron chi connectivity index (χ4n) is 2.36. The number of urea groups is 1. The Kier molecular flexibility index (Phi) is 6.39. The van der Waals surface area contributed by atoms with Crippen molar-refractivity contribution in [3.63, 3.8) is 0 Å². The van der Waals surface area contributed by atoms with Gasteiger partial charge in [-0.15, -0.1) is 11.8 Å². The third-order valence-corrected chi connectivity index (χ3v) is 5.04. The Balaban J connectivity index is 1.82. The SMILES string of the molecule is COCCN(C)C(=O)Nc1ccc(SC2CCCC2)cc1. The number of ether oxygens (including phenoxy) is 1. The first-order chi connectivity index (χ1) is 10.2. The highest BCUT2D eigenvalue weighted by molar-refractivity contribution is 8.00. The molecule has 1 aromatic rings. The molecule has 1 N–H and O–H groups in total. The van der Waals surface area contributed by atoms with Gasteiger partial charge in [-0.25, -0.2) is 4.79 Å². The van der Waals surface area contributed by atoms with Gasteiger partial charge < -0.3 is 15.0 Å². The van der Waals surface area contributed by atoms with Gasteiger partial charge in [-0.2, -0.15) is 0 Å². The molecule has 0 radical (unpaired) electrons. The summed E-state index contributed by atoms with van der Waals surface area (Å²) in [4.78, 5) is 14.8. The van der Waals surface area contributed by atoms with Crippen LogP contribution in [0.2, 0.25) is 0 Å². The summed E-state index contributed by atoms with van der Waals surface area (Å²) < 4.78 is 4.97. The van der Waals surface area contributed by atoms with Gasteiger partial charge >= 0.3 is 6.03 Å². The Morgan fingerprint density at radius 2 is 2.00 bits per heavy atom. The number of benzene rings is 1. The number of carbonyl (C=O) groups is 1. The van der Waals surface area contributed by atoms with E-state index in [1.807, 2.05) is 23.9 Å². The lowest BCUT2D eigenvalue weighted by atomic mass is 10.3. The van der Waals surface area contributed by atoms with E-state index in [1.54, 1.807) is 19.1 Å². The van der Waals surface area contributed by atoms with Gasteiger partial charge in [-0.1, -0.05) is 12.8 Å². The first-order valence-corrected chi connectivity index (χ1v) is 8.35. The van der Waals surface area contributed by atoms with E-state index in [0.29, 0.717) is 13.2 Å². The van der Waals surface area contributed by atoms with Crippen molar-refractivity contribution in [1.82, 2.24) is 4.90 Å². The van der Waals surface area contributed by atoms with Crippen molar-refractivity contribution < 1.29 is 9.53 Å². The molecular weight excluding hydrogens is 284 g/mol. The Labute approximate surface area is 131 Å². The van der Waals surface area contributed by atoms with Gasteiger partial charge in [-0.3, -0.25) is 0 Å². The number of carbonyl (C=O) groups excluding carboxylic acids is 1. The van der Waals surface area contributed by atoms with Gasteiger partial charge in [0.25, 0.3) is 0 Å². The zero-order valence-corrected chi connectivity index (χ0v) is 13.6. The van der Waals surface area contributed by atoms with Crippen LogP contribution in [0, 0.1) is 0 Å². The predicted octanol–water partition coefficient (Wildman–Crippen LogP) is 3.83. The van der Waals surface area contributed by atoms with Gasteiger partial charge in [0.15, 0.2) is 0 Å². The maximum atomic E-state index is 11.9. The van der Waals surface area contributed by atoms with Crippen LogP contribution in [0.4, 0.5) is 10.5 Å². The fraction of sp³-hybridized carbons (Fsp3) is 0.562. The van der Waals surface area contributed by atoms with Crippen molar-refractivity contribution in [2.24, 2.45) is 0 Å². The van der Waals surface area contributed by atoms with Crippen molar-refractivity contribution in [1.29, 1.82) is 0 Å². The quantitative estimate of drug-likeness (QED) is 0.868. The molecule has 0 atom stereocenters. The topological polar surface area (TPSA) is 41.6 Å². The van der Waals surface area contributed by atoms with E-state index in [2.05, 4.69) is 17.4 Å². The molecule has 0 saturated heterocycles. The van der Waals surface area contributed by atoms with E-state index in [0.717, 1.165) is 10.9 Å². The van der Waals surface area contributed by atoms with Crippen LogP contribution < -0.4 is 5.32 Å². The lowest BCUT2D eigenvalue weighted by molar-refractivity contribution is 0.165. The van der Waals surface area contributed by atoms with Crippen molar-refractivity contribution in [2.45, 2.75) is 35.8 Å². The van der Waals surface area contributed by atoms with Gasteiger partial charge in [0.1, 0.15) is 0 Å². The van der Waals surface area contributed by atoms with Crippen LogP contribution in [0.5, 0.6) is 0 Å². The van der Waals surface area contributed by atoms with E-state index in [-0.39, 0.29) is 6.03 Å². The molecule has 0 spiro atoms. The van der Waals surface area contributed by atoms with E-state index in [1.165, 1.54) is 30.6 Å². The minimum atomic E-state index is -0.108. The summed E-state index contributed by atoms with van der Waals surface area (Å²) in [5.41, 5.74) is 0.833. The molecule has 2 amide bonds. The summed E-state index contributed by atoms with van der Waals surface area (Å²) in [6.45, 7) is 1.12. The minimum Gasteiger partial charge on any atom is -0.383 e. The highest BCUT2D eigenvalue weighted by Gasteiger charge is 2.16. The molecule has 116 valence electrons. The van der Waals surface area contributed by atoms with Crippen LogP contribution in [0.1, 0.15) is 25.7 Å². The van der Waals surface area contributed by atoms with Crippen LogP contribution in [0.25, 0.3) is 0 Å². The molecule has 0 unspecified atom stereocenters. The molecular formula is C16H24N2O2S. The molecule has 1 aliphatic rings. The Morgan fingerprint density at radius 1 is 1.33 bits per heavy atom. The number of hydrogen-bond donors (Lipinski definition) is 1. The lowest BCUT2D eigenvalue weighted by Crippen LogP contribution is -2.33. The number of nitrogens with one attached hydrogen (secondary N) is 1. The van der Waals surface area contributed by atoms with E-state index in [4.69, 9.17) is 4.74 Å². The average Bonchev–Trinajstić information content (AvgIpc) is 2.99. The first kappa shape index (κ1) is 16.2. The highest BCUT2D eigenvalue weighted by atomic mass is 32.2. The molecule has 21 heavy (non-hydrogen) atoms. The van der Waals surface area contributed by atoms with Gasteiger partial charge in [-0.05, 0) is 37.1 Å². The second-order valence-electron chi connectivity index (χ2n) is 5.39. The predicted molar refractivity (Wildman–Crippen MR) is 88.1 cm³/mol. The minimum absolute atomic E-state index is 0.108. The average molecular weight is 308 g/mol. The smallest absolute Gasteiger partial charge is 0.321 e. The second-order valence-corrected chi connectivity index (χ2v) is 6.77. The molecule has 2 rings (SSSR count). The second kappa shape index (κ2) is 8.29. The summed E-state index contributed by atoms with van der Waals surface area (Å²) in [6.07, 6.45) is 5.38. The summed E-state index contributed by atoms with van der Waals surface area (Å²) in [6, 6.07) is 8.02. The number of nitrogens with zero attached hydrogens (tertiary/aromatic N) is 1. The van der Waals surface area contributed by atoms with Gasteiger partial charge in [0.05, 0.1) is 6.61 Å². The van der Waals surface area contributed by atoms with Crippen LogP contribution in [-0.2, 0) is 4.74 Å². The number of rotatable bonds is 6. The maximum absolute atomic E-state index is 11.9. The number of amides is 2. The first-order valence-electron chi connectivity index (χ1n) is 7.47. The molecule has 5 heteroatoms. The normalized spacial score (nSPS) is 15.1. The summed E-state index contributed by atoms with van der Waals surface area (Å²) in [5.74, 6) is 0. The fourth-order valence-corrected chi connectivity index (χ4v) is 3.61. The standard InChI is InChI=1S/C16H24N2O2S/c1-18(11-12-20-2)16(19)17-13-7-9-15(10-8-13)21-14-5-3-4-6-14/h7-10,14H,3-6,11-12H2,1-2H3,(H,17,19). The maximum Gasteiger partial charge on any atom is 0.321 e. The Morgan fingerprint density at radius 3 is 2.62 bits per heavy atom. The van der Waals surface area contributed by atoms with Crippen LogP contribution in [0.15, 0.2) is 29.2 Å². The van der Waals surface area contributed by atoms with Gasteiger partial charge in [0, 0.05) is 36.5 Å². The Hall–Kier alpha value is -1.20. The largest absolute Gasteiger partial charge is 0.383 e. The summed E-state index contributed by atoms with van der Waals surface area (Å²) >= 11 is 1.96. The molecule has 4 nitrogen and oxygen atoms in total.